The monoisotopic (exact) mass is 451 g/mol. The summed E-state index contributed by atoms with van der Waals surface area (Å²) in [6, 6.07) is 17.5. The molecule has 0 aromatic heterocycles. The van der Waals surface area contributed by atoms with E-state index in [4.69, 9.17) is 5.11 Å². The molecule has 33 heavy (non-hydrogen) atoms. The number of hydrogen-bond donors (Lipinski definition) is 3. The molecule has 0 unspecified atom stereocenters. The van der Waals surface area contributed by atoms with Crippen molar-refractivity contribution in [3.05, 3.63) is 60.2 Å². The molecule has 0 heterocycles. The fourth-order valence-electron chi connectivity index (χ4n) is 4.65. The molecule has 1 saturated carbocycles. The summed E-state index contributed by atoms with van der Waals surface area (Å²) < 4.78 is 0. The first-order chi connectivity index (χ1) is 15.8. The van der Waals surface area contributed by atoms with Crippen LogP contribution in [0.1, 0.15) is 44.1 Å². The van der Waals surface area contributed by atoms with E-state index in [0.29, 0.717) is 12.8 Å². The number of carboxylic acid groups (broad SMARTS) is 2. The van der Waals surface area contributed by atoms with E-state index in [1.54, 1.807) is 0 Å². The minimum atomic E-state index is -1.17. The quantitative estimate of drug-likeness (QED) is 0.479. The van der Waals surface area contributed by atoms with Crippen LogP contribution in [0.25, 0.3) is 11.1 Å². The van der Waals surface area contributed by atoms with E-state index >= 15 is 0 Å². The van der Waals surface area contributed by atoms with Gasteiger partial charge in [0.15, 0.2) is 0 Å². The number of amides is 1. The van der Waals surface area contributed by atoms with Crippen LogP contribution in [0.3, 0.4) is 0 Å². The van der Waals surface area contributed by atoms with Gasteiger partial charge in [0.1, 0.15) is 12.3 Å². The summed E-state index contributed by atoms with van der Waals surface area (Å²) in [5.74, 6) is -3.70. The van der Waals surface area contributed by atoms with Gasteiger partial charge in [-0.1, -0.05) is 67.4 Å². The van der Waals surface area contributed by atoms with Crippen LogP contribution in [-0.2, 0) is 25.6 Å². The molecule has 0 spiro atoms. The van der Waals surface area contributed by atoms with E-state index in [1.165, 1.54) is 0 Å². The molecule has 0 aliphatic heterocycles. The average molecular weight is 452 g/mol. The first-order valence-corrected chi connectivity index (χ1v) is 11.2. The summed E-state index contributed by atoms with van der Waals surface area (Å²) in [6.07, 6.45) is 2.50. The number of aliphatic carboxylic acids is 2. The lowest BCUT2D eigenvalue weighted by atomic mass is 9.75. The van der Waals surface area contributed by atoms with Crippen molar-refractivity contribution in [1.82, 2.24) is 5.32 Å². The van der Waals surface area contributed by atoms with Crippen molar-refractivity contribution >= 4 is 23.6 Å². The molecule has 2 aromatic rings. The highest BCUT2D eigenvalue weighted by molar-refractivity contribution is 5.93. The zero-order valence-corrected chi connectivity index (χ0v) is 18.5. The van der Waals surface area contributed by atoms with Gasteiger partial charge in [-0.25, -0.2) is 0 Å². The normalized spacial score (nSPS) is 15.5. The van der Waals surface area contributed by atoms with Crippen molar-refractivity contribution in [3.63, 3.8) is 0 Å². The maximum absolute atomic E-state index is 13.2. The molecule has 7 heteroatoms. The second-order valence-corrected chi connectivity index (χ2v) is 8.76. The number of ketones is 1. The van der Waals surface area contributed by atoms with Gasteiger partial charge in [-0.2, -0.15) is 0 Å². The second kappa shape index (κ2) is 10.9. The lowest BCUT2D eigenvalue weighted by molar-refractivity contribution is -0.145. The van der Waals surface area contributed by atoms with Crippen LogP contribution in [-0.4, -0.2) is 40.4 Å². The Bertz CT molecular complexity index is 993. The number of nitrogens with one attached hydrogen (secondary N) is 1. The summed E-state index contributed by atoms with van der Waals surface area (Å²) in [6.45, 7) is -0.531. The summed E-state index contributed by atoms with van der Waals surface area (Å²) in [4.78, 5) is 48.3. The Morgan fingerprint density at radius 3 is 2.03 bits per heavy atom. The van der Waals surface area contributed by atoms with Crippen molar-refractivity contribution in [2.75, 3.05) is 6.54 Å². The molecule has 3 rings (SSSR count). The van der Waals surface area contributed by atoms with Gasteiger partial charge in [0.25, 0.3) is 0 Å². The van der Waals surface area contributed by atoms with E-state index in [1.807, 2.05) is 54.6 Å². The van der Waals surface area contributed by atoms with E-state index < -0.39 is 35.7 Å². The lowest BCUT2D eigenvalue weighted by Crippen LogP contribution is -2.39. The Balaban J connectivity index is 1.77. The van der Waals surface area contributed by atoms with Crippen molar-refractivity contribution in [2.24, 2.45) is 11.3 Å². The third kappa shape index (κ3) is 6.51. The van der Waals surface area contributed by atoms with Gasteiger partial charge < -0.3 is 15.5 Å². The van der Waals surface area contributed by atoms with E-state index in [-0.39, 0.29) is 25.0 Å². The van der Waals surface area contributed by atoms with E-state index in [9.17, 15) is 24.3 Å². The van der Waals surface area contributed by atoms with Crippen LogP contribution in [0.5, 0.6) is 0 Å². The maximum atomic E-state index is 13.2. The molecule has 0 radical (unpaired) electrons. The van der Waals surface area contributed by atoms with Crippen LogP contribution in [0.4, 0.5) is 0 Å². The predicted octanol–water partition coefficient (Wildman–Crippen LogP) is 3.71. The molecule has 1 atom stereocenters. The van der Waals surface area contributed by atoms with Crippen LogP contribution in [0, 0.1) is 11.3 Å². The molecule has 1 fully saturated rings. The zero-order chi connectivity index (χ0) is 23.8. The van der Waals surface area contributed by atoms with Crippen LogP contribution < -0.4 is 5.32 Å². The second-order valence-electron chi connectivity index (χ2n) is 8.76. The van der Waals surface area contributed by atoms with Crippen molar-refractivity contribution < 1.29 is 29.4 Å². The lowest BCUT2D eigenvalue weighted by Gasteiger charge is -2.27. The van der Waals surface area contributed by atoms with Gasteiger partial charge in [0.05, 0.1) is 6.42 Å². The number of carboxylic acids is 2. The Labute approximate surface area is 192 Å². The van der Waals surface area contributed by atoms with Gasteiger partial charge in [-0.15, -0.1) is 0 Å². The van der Waals surface area contributed by atoms with Gasteiger partial charge in [0.2, 0.25) is 5.91 Å². The number of carbonyl (C=O) groups excluding carboxylic acids is 2. The molecule has 3 N–H and O–H groups in total. The molecule has 2 aromatic carbocycles. The fourth-order valence-corrected chi connectivity index (χ4v) is 4.65. The van der Waals surface area contributed by atoms with Gasteiger partial charge in [0, 0.05) is 17.8 Å². The Morgan fingerprint density at radius 2 is 1.45 bits per heavy atom. The average Bonchev–Trinajstić information content (AvgIpc) is 3.27. The third-order valence-electron chi connectivity index (χ3n) is 6.40. The molecule has 7 nitrogen and oxygen atoms in total. The topological polar surface area (TPSA) is 121 Å². The minimum Gasteiger partial charge on any atom is -0.481 e. The SMILES string of the molecule is O=C(O)CNC(=O)[C@@H](CC(=O)C1(CC(=O)O)CCCC1)Cc1ccc(-c2ccccc2)cc1. The Morgan fingerprint density at radius 1 is 0.848 bits per heavy atom. The number of hydrogen-bond acceptors (Lipinski definition) is 4. The highest BCUT2D eigenvalue weighted by Gasteiger charge is 2.43. The largest absolute Gasteiger partial charge is 0.481 e. The molecule has 1 aliphatic carbocycles. The van der Waals surface area contributed by atoms with Gasteiger partial charge in [-0.05, 0) is 36.0 Å². The van der Waals surface area contributed by atoms with Crippen LogP contribution in [0.15, 0.2) is 54.6 Å². The Kier molecular flexibility index (Phi) is 7.98. The van der Waals surface area contributed by atoms with E-state index in [0.717, 1.165) is 29.5 Å². The minimum absolute atomic E-state index is 0.112. The van der Waals surface area contributed by atoms with Crippen LogP contribution >= 0.6 is 0 Å². The molecule has 1 amide bonds. The summed E-state index contributed by atoms with van der Waals surface area (Å²) in [7, 11) is 0. The maximum Gasteiger partial charge on any atom is 0.322 e. The highest BCUT2D eigenvalue weighted by Crippen LogP contribution is 2.43. The number of benzene rings is 2. The summed E-state index contributed by atoms with van der Waals surface area (Å²) >= 11 is 0. The van der Waals surface area contributed by atoms with Gasteiger partial charge in [-0.3, -0.25) is 19.2 Å². The Hall–Kier alpha value is -3.48. The first kappa shape index (κ1) is 24.2. The standard InChI is InChI=1S/C26H29NO6/c28-22(26(16-23(29)30)12-4-5-13-26)15-21(25(33)27-17-24(31)32)14-18-8-10-20(11-9-18)19-6-2-1-3-7-19/h1-3,6-11,21H,4-5,12-17H2,(H,27,33)(H,29,30)(H,31,32)/t21-/m1/s1. The number of Topliss-reactive ketones (excluding diaryl/α,β-unsaturated/α-hetero) is 1. The molecular formula is C26H29NO6. The van der Waals surface area contributed by atoms with Crippen molar-refractivity contribution in [2.45, 2.75) is 44.9 Å². The first-order valence-electron chi connectivity index (χ1n) is 11.2. The number of carbonyl (C=O) groups is 4. The molecule has 0 saturated heterocycles. The van der Waals surface area contributed by atoms with E-state index in [2.05, 4.69) is 5.32 Å². The predicted molar refractivity (Wildman–Crippen MR) is 122 cm³/mol. The molecule has 174 valence electrons. The fraction of sp³-hybridized carbons (Fsp3) is 0.385. The summed E-state index contributed by atoms with van der Waals surface area (Å²) in [5, 5.41) is 20.6. The molecular weight excluding hydrogens is 422 g/mol. The van der Waals surface area contributed by atoms with Crippen molar-refractivity contribution in [3.8, 4) is 11.1 Å². The third-order valence-corrected chi connectivity index (χ3v) is 6.40. The smallest absolute Gasteiger partial charge is 0.322 e. The zero-order valence-electron chi connectivity index (χ0n) is 18.5. The summed E-state index contributed by atoms with van der Waals surface area (Å²) in [5.41, 5.74) is 1.99. The number of rotatable bonds is 11. The van der Waals surface area contributed by atoms with Crippen molar-refractivity contribution in [1.29, 1.82) is 0 Å². The van der Waals surface area contributed by atoms with Crippen LogP contribution in [0.2, 0.25) is 0 Å². The van der Waals surface area contributed by atoms with Gasteiger partial charge >= 0.3 is 11.9 Å². The molecule has 0 bridgehead atoms. The highest BCUT2D eigenvalue weighted by atomic mass is 16.4. The molecule has 1 aliphatic rings.